The molecule has 0 radical (unpaired) electrons. The highest BCUT2D eigenvalue weighted by Crippen LogP contribution is 2.29. The predicted octanol–water partition coefficient (Wildman–Crippen LogP) is 2.71. The lowest BCUT2D eigenvalue weighted by molar-refractivity contribution is -0.137. The van der Waals surface area contributed by atoms with Crippen LogP contribution in [0.1, 0.15) is 27.2 Å². The lowest BCUT2D eigenvalue weighted by Gasteiger charge is -2.34. The third kappa shape index (κ3) is 4.04. The SMILES string of the molecule is CC(C)(C)N(CCC(=O)O)S(=O)(=O)c1ccccc1Br. The molecule has 0 heterocycles. The van der Waals surface area contributed by atoms with Gasteiger partial charge in [-0.1, -0.05) is 12.1 Å². The van der Waals surface area contributed by atoms with E-state index in [1.54, 1.807) is 39.0 Å². The van der Waals surface area contributed by atoms with E-state index in [4.69, 9.17) is 5.11 Å². The summed E-state index contributed by atoms with van der Waals surface area (Å²) < 4.78 is 27.1. The van der Waals surface area contributed by atoms with Crippen molar-refractivity contribution in [1.82, 2.24) is 4.31 Å². The van der Waals surface area contributed by atoms with Gasteiger partial charge in [-0.25, -0.2) is 8.42 Å². The lowest BCUT2D eigenvalue weighted by Crippen LogP contribution is -2.46. The molecular formula is C13H18BrNO4S. The molecule has 7 heteroatoms. The summed E-state index contributed by atoms with van der Waals surface area (Å²) in [7, 11) is -3.76. The minimum Gasteiger partial charge on any atom is -0.481 e. The van der Waals surface area contributed by atoms with Crippen LogP contribution in [0.25, 0.3) is 0 Å². The number of sulfonamides is 1. The molecule has 0 saturated heterocycles. The number of hydrogen-bond donors (Lipinski definition) is 1. The number of carbonyl (C=O) groups is 1. The van der Waals surface area contributed by atoms with Crippen molar-refractivity contribution < 1.29 is 18.3 Å². The van der Waals surface area contributed by atoms with Gasteiger partial charge in [0.15, 0.2) is 0 Å². The maximum absolute atomic E-state index is 12.7. The number of nitrogens with zero attached hydrogens (tertiary/aromatic N) is 1. The number of hydrogen-bond acceptors (Lipinski definition) is 3. The van der Waals surface area contributed by atoms with Gasteiger partial charge in [-0.2, -0.15) is 4.31 Å². The Morgan fingerprint density at radius 2 is 1.85 bits per heavy atom. The van der Waals surface area contributed by atoms with E-state index in [1.807, 2.05) is 0 Å². The van der Waals surface area contributed by atoms with Crippen LogP contribution in [0.4, 0.5) is 0 Å². The van der Waals surface area contributed by atoms with Crippen molar-refractivity contribution in [3.63, 3.8) is 0 Å². The van der Waals surface area contributed by atoms with Crippen molar-refractivity contribution >= 4 is 31.9 Å². The minimum absolute atomic E-state index is 0.0670. The van der Waals surface area contributed by atoms with Crippen LogP contribution in [0.15, 0.2) is 33.6 Å². The van der Waals surface area contributed by atoms with Crippen LogP contribution in [0.5, 0.6) is 0 Å². The number of benzene rings is 1. The van der Waals surface area contributed by atoms with Crippen molar-refractivity contribution in [1.29, 1.82) is 0 Å². The van der Waals surface area contributed by atoms with Crippen molar-refractivity contribution in [2.75, 3.05) is 6.54 Å². The van der Waals surface area contributed by atoms with Crippen molar-refractivity contribution in [3.05, 3.63) is 28.7 Å². The zero-order chi connectivity index (χ0) is 15.6. The Balaban J connectivity index is 3.25. The number of rotatable bonds is 5. The van der Waals surface area contributed by atoms with E-state index in [0.29, 0.717) is 4.47 Å². The molecule has 0 spiro atoms. The maximum Gasteiger partial charge on any atom is 0.304 e. The van der Waals surface area contributed by atoms with Crippen molar-refractivity contribution in [2.45, 2.75) is 37.6 Å². The summed E-state index contributed by atoms with van der Waals surface area (Å²) in [5.74, 6) is -1.03. The lowest BCUT2D eigenvalue weighted by atomic mass is 10.1. The Hall–Kier alpha value is -0.920. The first-order chi connectivity index (χ1) is 9.06. The molecule has 0 amide bonds. The van der Waals surface area contributed by atoms with Crippen LogP contribution < -0.4 is 0 Å². The summed E-state index contributed by atoms with van der Waals surface area (Å²) in [5.41, 5.74) is -0.705. The molecule has 0 aliphatic rings. The first-order valence-corrected chi connectivity index (χ1v) is 8.29. The highest BCUT2D eigenvalue weighted by molar-refractivity contribution is 9.10. The molecule has 0 atom stereocenters. The second-order valence-electron chi connectivity index (χ2n) is 5.32. The number of halogens is 1. The second kappa shape index (κ2) is 6.24. The van der Waals surface area contributed by atoms with Crippen LogP contribution in [0, 0.1) is 0 Å². The minimum atomic E-state index is -3.76. The Bertz CT molecular complexity index is 593. The summed E-state index contributed by atoms with van der Waals surface area (Å²) in [5, 5.41) is 8.79. The second-order valence-corrected chi connectivity index (χ2v) is 8.01. The molecule has 0 saturated carbocycles. The molecule has 1 aromatic carbocycles. The van der Waals surface area contributed by atoms with Gasteiger partial charge >= 0.3 is 5.97 Å². The van der Waals surface area contributed by atoms with Crippen molar-refractivity contribution in [3.8, 4) is 0 Å². The average molecular weight is 364 g/mol. The summed E-state index contributed by atoms with van der Waals surface area (Å²) >= 11 is 3.23. The van der Waals surface area contributed by atoms with E-state index in [1.165, 1.54) is 10.4 Å². The van der Waals surface area contributed by atoms with Crippen LogP contribution in [-0.4, -0.2) is 35.9 Å². The molecular weight excluding hydrogens is 346 g/mol. The van der Waals surface area contributed by atoms with E-state index >= 15 is 0 Å². The number of carboxylic acids is 1. The maximum atomic E-state index is 12.7. The molecule has 5 nitrogen and oxygen atoms in total. The fourth-order valence-corrected chi connectivity index (χ4v) is 4.54. The monoisotopic (exact) mass is 363 g/mol. The highest BCUT2D eigenvalue weighted by Gasteiger charge is 2.35. The third-order valence-electron chi connectivity index (χ3n) is 2.68. The summed E-state index contributed by atoms with van der Waals surface area (Å²) in [6.45, 7) is 5.15. The molecule has 0 unspecified atom stereocenters. The van der Waals surface area contributed by atoms with Gasteiger partial charge in [-0.3, -0.25) is 4.79 Å². The Morgan fingerprint density at radius 3 is 2.30 bits per heavy atom. The Morgan fingerprint density at radius 1 is 1.30 bits per heavy atom. The quantitative estimate of drug-likeness (QED) is 0.872. The molecule has 0 aromatic heterocycles. The first-order valence-electron chi connectivity index (χ1n) is 6.06. The normalized spacial score (nSPS) is 12.7. The van der Waals surface area contributed by atoms with Gasteiger partial charge in [0.2, 0.25) is 10.0 Å². The molecule has 20 heavy (non-hydrogen) atoms. The van der Waals surface area contributed by atoms with E-state index < -0.39 is 21.5 Å². The number of aliphatic carboxylic acids is 1. The zero-order valence-corrected chi connectivity index (χ0v) is 14.0. The molecule has 1 rings (SSSR count). The highest BCUT2D eigenvalue weighted by atomic mass is 79.9. The largest absolute Gasteiger partial charge is 0.481 e. The zero-order valence-electron chi connectivity index (χ0n) is 11.6. The van der Waals surface area contributed by atoms with Gasteiger partial charge in [-0.15, -0.1) is 0 Å². The predicted molar refractivity (Wildman–Crippen MR) is 80.0 cm³/mol. The smallest absolute Gasteiger partial charge is 0.304 e. The molecule has 0 aliphatic carbocycles. The van der Waals surface area contributed by atoms with Gasteiger partial charge in [-0.05, 0) is 48.8 Å². The molecule has 1 N–H and O–H groups in total. The van der Waals surface area contributed by atoms with Gasteiger partial charge < -0.3 is 5.11 Å². The summed E-state index contributed by atoms with van der Waals surface area (Å²) in [6, 6.07) is 6.50. The molecule has 112 valence electrons. The Kier molecular flexibility index (Phi) is 5.34. The Labute approximate surface area is 127 Å². The molecule has 0 aliphatic heterocycles. The van der Waals surface area contributed by atoms with E-state index in [9.17, 15) is 13.2 Å². The van der Waals surface area contributed by atoms with Gasteiger partial charge in [0, 0.05) is 16.6 Å². The van der Waals surface area contributed by atoms with Crippen LogP contribution in [0.2, 0.25) is 0 Å². The van der Waals surface area contributed by atoms with Crippen LogP contribution in [-0.2, 0) is 14.8 Å². The van der Waals surface area contributed by atoms with Gasteiger partial charge in [0.25, 0.3) is 0 Å². The summed E-state index contributed by atoms with van der Waals surface area (Å²) in [4.78, 5) is 10.9. The standard InChI is InChI=1S/C13H18BrNO4S/c1-13(2,3)15(9-8-12(16)17)20(18,19)11-7-5-4-6-10(11)14/h4-7H,8-9H2,1-3H3,(H,16,17). The first kappa shape index (κ1) is 17.1. The van der Waals surface area contributed by atoms with Gasteiger partial charge in [0.05, 0.1) is 11.3 Å². The average Bonchev–Trinajstić information content (AvgIpc) is 2.26. The number of carboxylic acid groups (broad SMARTS) is 1. The third-order valence-corrected chi connectivity index (χ3v) is 5.86. The fraction of sp³-hybridized carbons (Fsp3) is 0.462. The van der Waals surface area contributed by atoms with Crippen LogP contribution >= 0.6 is 15.9 Å². The molecule has 0 bridgehead atoms. The van der Waals surface area contributed by atoms with E-state index in [2.05, 4.69) is 15.9 Å². The van der Waals surface area contributed by atoms with E-state index in [0.717, 1.165) is 0 Å². The van der Waals surface area contributed by atoms with Crippen molar-refractivity contribution in [2.24, 2.45) is 0 Å². The fourth-order valence-electron chi connectivity index (χ4n) is 1.79. The van der Waals surface area contributed by atoms with Crippen LogP contribution in [0.3, 0.4) is 0 Å². The molecule has 1 aromatic rings. The topological polar surface area (TPSA) is 74.7 Å². The molecule has 0 fully saturated rings. The summed E-state index contributed by atoms with van der Waals surface area (Å²) in [6.07, 6.45) is -0.235. The van der Waals surface area contributed by atoms with E-state index in [-0.39, 0.29) is 17.9 Å². The van der Waals surface area contributed by atoms with Gasteiger partial charge in [0.1, 0.15) is 0 Å².